The van der Waals surface area contributed by atoms with E-state index in [0.717, 1.165) is 13.1 Å². The number of likely N-dealkylation sites (N-methyl/N-ethyl adjacent to an activating group) is 1. The molecule has 1 saturated heterocycles. The summed E-state index contributed by atoms with van der Waals surface area (Å²) in [5.41, 5.74) is 6.59. The predicted octanol–water partition coefficient (Wildman–Crippen LogP) is 4.38. The smallest absolute Gasteiger partial charge is 0.0240 e. The minimum absolute atomic E-state index is 0.300. The third kappa shape index (κ3) is 2.88. The molecule has 1 fully saturated rings. The lowest BCUT2D eigenvalue weighted by Crippen LogP contribution is -2.50. The minimum atomic E-state index is 0.300. The average Bonchev–Trinajstić information content (AvgIpc) is 3.27. The first-order chi connectivity index (χ1) is 13.2. The van der Waals surface area contributed by atoms with Crippen LogP contribution in [-0.2, 0) is 5.41 Å². The fourth-order valence-corrected chi connectivity index (χ4v) is 6.94. The van der Waals surface area contributed by atoms with Gasteiger partial charge in [0.05, 0.1) is 0 Å². The average molecular weight is 377 g/mol. The van der Waals surface area contributed by atoms with E-state index in [1.54, 1.807) is 16.7 Å². The Morgan fingerprint density at radius 2 is 1.70 bits per heavy atom. The molecular formula is C24H28N2S. The monoisotopic (exact) mass is 376 g/mol. The van der Waals surface area contributed by atoms with Crippen LogP contribution in [0.4, 0.5) is 0 Å². The van der Waals surface area contributed by atoms with E-state index in [1.165, 1.54) is 35.7 Å². The molecule has 2 aromatic carbocycles. The Balaban J connectivity index is 1.65. The Morgan fingerprint density at radius 1 is 0.926 bits per heavy atom. The minimum Gasteiger partial charge on any atom is -0.306 e. The maximum atomic E-state index is 2.55. The number of piperidine rings is 1. The van der Waals surface area contributed by atoms with Crippen LogP contribution in [0.2, 0.25) is 0 Å². The Morgan fingerprint density at radius 3 is 2.56 bits per heavy atom. The van der Waals surface area contributed by atoms with Crippen LogP contribution in [-0.4, -0.2) is 55.8 Å². The second kappa shape index (κ2) is 6.80. The Bertz CT molecular complexity index is 875. The quantitative estimate of drug-likeness (QED) is 0.768. The van der Waals surface area contributed by atoms with Crippen molar-refractivity contribution in [2.24, 2.45) is 5.92 Å². The van der Waals surface area contributed by atoms with Gasteiger partial charge in [-0.15, -0.1) is 11.8 Å². The van der Waals surface area contributed by atoms with Gasteiger partial charge in [-0.2, -0.15) is 0 Å². The molecule has 3 aliphatic rings. The molecule has 0 aromatic heterocycles. The molecule has 1 spiro atoms. The summed E-state index contributed by atoms with van der Waals surface area (Å²) in [6.45, 7) is 4.56. The van der Waals surface area contributed by atoms with Crippen LogP contribution < -0.4 is 0 Å². The van der Waals surface area contributed by atoms with Crippen LogP contribution in [0, 0.1) is 5.92 Å². The number of nitrogens with zero attached hydrogens (tertiary/aromatic N) is 2. The van der Waals surface area contributed by atoms with E-state index in [2.05, 4.69) is 90.3 Å². The van der Waals surface area contributed by atoms with Gasteiger partial charge in [-0.25, -0.2) is 0 Å². The maximum Gasteiger partial charge on any atom is 0.0240 e. The highest BCUT2D eigenvalue weighted by Gasteiger charge is 2.50. The highest BCUT2D eigenvalue weighted by molar-refractivity contribution is 7.99. The molecule has 0 bridgehead atoms. The van der Waals surface area contributed by atoms with Crippen molar-refractivity contribution in [3.05, 3.63) is 71.3 Å². The molecule has 3 heterocycles. The van der Waals surface area contributed by atoms with Gasteiger partial charge in [0.1, 0.15) is 0 Å². The van der Waals surface area contributed by atoms with Crippen molar-refractivity contribution in [3.8, 4) is 0 Å². The zero-order valence-corrected chi connectivity index (χ0v) is 17.1. The molecule has 5 rings (SSSR count). The van der Waals surface area contributed by atoms with Gasteiger partial charge in [-0.3, -0.25) is 4.90 Å². The molecule has 3 aliphatic heterocycles. The summed E-state index contributed by atoms with van der Waals surface area (Å²) in [7, 11) is 4.57. The van der Waals surface area contributed by atoms with Gasteiger partial charge in [-0.05, 0) is 55.4 Å². The largest absolute Gasteiger partial charge is 0.306 e. The number of fused-ring (bicyclic) bond motifs is 2. The van der Waals surface area contributed by atoms with E-state index in [1.807, 2.05) is 0 Å². The summed E-state index contributed by atoms with van der Waals surface area (Å²) in [6.07, 6.45) is 1.27. The summed E-state index contributed by atoms with van der Waals surface area (Å²) < 4.78 is 0. The number of rotatable bonds is 2. The molecule has 2 aromatic rings. The number of likely N-dealkylation sites (tertiary alicyclic amines) is 1. The lowest BCUT2D eigenvalue weighted by atomic mass is 9.64. The normalized spacial score (nSPS) is 28.9. The Hall–Kier alpha value is -1.55. The molecule has 0 aliphatic carbocycles. The number of thioether (sulfide) groups is 1. The van der Waals surface area contributed by atoms with Gasteiger partial charge in [0.15, 0.2) is 0 Å². The molecule has 0 saturated carbocycles. The third-order valence-corrected chi connectivity index (χ3v) is 8.13. The molecular weight excluding hydrogens is 348 g/mol. The first kappa shape index (κ1) is 17.5. The van der Waals surface area contributed by atoms with E-state index in [-0.39, 0.29) is 0 Å². The second-order valence-corrected chi connectivity index (χ2v) is 9.57. The van der Waals surface area contributed by atoms with E-state index >= 15 is 0 Å². The van der Waals surface area contributed by atoms with Crippen LogP contribution in [0.1, 0.15) is 17.5 Å². The highest BCUT2D eigenvalue weighted by Crippen LogP contribution is 2.55. The van der Waals surface area contributed by atoms with Crippen molar-refractivity contribution in [3.63, 3.8) is 0 Å². The van der Waals surface area contributed by atoms with Crippen molar-refractivity contribution in [2.75, 3.05) is 46.0 Å². The van der Waals surface area contributed by atoms with E-state index in [0.29, 0.717) is 11.3 Å². The predicted molar refractivity (Wildman–Crippen MR) is 115 cm³/mol. The van der Waals surface area contributed by atoms with E-state index < -0.39 is 0 Å². The van der Waals surface area contributed by atoms with Gasteiger partial charge in [-0.1, -0.05) is 48.5 Å². The zero-order chi connectivity index (χ0) is 18.4. The van der Waals surface area contributed by atoms with Crippen molar-refractivity contribution in [2.45, 2.75) is 16.7 Å². The standard InChI is InChI=1S/C24H28N2S/c1-25-13-12-24(17-27-23-11-7-6-10-21(23)24)22(16-25)20-15-26(2)14-19(20)18-8-4-3-5-9-18/h3-11,22H,12-17H2,1-2H3. The lowest BCUT2D eigenvalue weighted by molar-refractivity contribution is 0.145. The molecule has 2 atom stereocenters. The van der Waals surface area contributed by atoms with Gasteiger partial charge < -0.3 is 4.90 Å². The molecule has 0 radical (unpaired) electrons. The number of hydrogen-bond acceptors (Lipinski definition) is 3. The Kier molecular flexibility index (Phi) is 4.42. The maximum absolute atomic E-state index is 2.55. The van der Waals surface area contributed by atoms with Gasteiger partial charge in [0.2, 0.25) is 0 Å². The van der Waals surface area contributed by atoms with Gasteiger partial charge in [0, 0.05) is 41.6 Å². The number of benzene rings is 2. The van der Waals surface area contributed by atoms with Crippen LogP contribution in [0.3, 0.4) is 0 Å². The summed E-state index contributed by atoms with van der Waals surface area (Å²) in [4.78, 5) is 6.56. The van der Waals surface area contributed by atoms with Crippen LogP contribution >= 0.6 is 11.8 Å². The fourth-order valence-electron chi connectivity index (χ4n) is 5.42. The van der Waals surface area contributed by atoms with Crippen LogP contribution in [0.25, 0.3) is 5.57 Å². The molecule has 0 N–H and O–H groups in total. The second-order valence-electron chi connectivity index (χ2n) is 8.55. The number of hydrogen-bond donors (Lipinski definition) is 0. The van der Waals surface area contributed by atoms with E-state index in [4.69, 9.17) is 0 Å². The molecule has 2 unspecified atom stereocenters. The molecule has 0 amide bonds. The van der Waals surface area contributed by atoms with Crippen molar-refractivity contribution in [1.29, 1.82) is 0 Å². The van der Waals surface area contributed by atoms with Crippen molar-refractivity contribution < 1.29 is 0 Å². The van der Waals surface area contributed by atoms with Crippen LogP contribution in [0.15, 0.2) is 65.1 Å². The third-order valence-electron chi connectivity index (χ3n) is 6.81. The topological polar surface area (TPSA) is 6.48 Å². The van der Waals surface area contributed by atoms with Gasteiger partial charge in [0.25, 0.3) is 0 Å². The molecule has 27 heavy (non-hydrogen) atoms. The molecule has 3 heteroatoms. The first-order valence-corrected chi connectivity index (χ1v) is 11.0. The van der Waals surface area contributed by atoms with Crippen molar-refractivity contribution >= 4 is 17.3 Å². The van der Waals surface area contributed by atoms with Gasteiger partial charge >= 0.3 is 0 Å². The highest BCUT2D eigenvalue weighted by atomic mass is 32.2. The lowest BCUT2D eigenvalue weighted by Gasteiger charge is -2.46. The van der Waals surface area contributed by atoms with Crippen LogP contribution in [0.5, 0.6) is 0 Å². The zero-order valence-electron chi connectivity index (χ0n) is 16.3. The van der Waals surface area contributed by atoms with E-state index in [9.17, 15) is 0 Å². The summed E-state index contributed by atoms with van der Waals surface area (Å²) in [5.74, 6) is 1.84. The first-order valence-electron chi connectivity index (χ1n) is 10.0. The van der Waals surface area contributed by atoms with Crippen molar-refractivity contribution in [1.82, 2.24) is 9.80 Å². The molecule has 2 nitrogen and oxygen atoms in total. The SMILES string of the molecule is CN1CC(c2ccccc2)=C(C2CN(C)CCC23CSc2ccccc23)C1. The fraction of sp³-hybridized carbons (Fsp3) is 0.417. The summed E-state index contributed by atoms with van der Waals surface area (Å²) in [5, 5.41) is 0. The molecule has 140 valence electrons. The Labute approximate surface area is 167 Å². The summed E-state index contributed by atoms with van der Waals surface area (Å²) >= 11 is 2.08. The summed E-state index contributed by atoms with van der Waals surface area (Å²) in [6, 6.07) is 20.3.